The van der Waals surface area contributed by atoms with Gasteiger partial charge in [-0.25, -0.2) is 4.79 Å². The highest BCUT2D eigenvalue weighted by molar-refractivity contribution is 5.89. The van der Waals surface area contributed by atoms with Crippen molar-refractivity contribution in [2.24, 2.45) is 0 Å². The van der Waals surface area contributed by atoms with Crippen LogP contribution in [0.25, 0.3) is 0 Å². The standard InChI is InChI=1S/C21H23NO5/c1-3-26-21(25)17-9-11-18(12-10-17)27-14-20(24)22-19(15(2)23)13-16-7-5-4-6-8-16/h4-12,19H,3,13-14H2,1-2H3,(H,22,24)/t19-/m1/s1. The fraction of sp³-hybridized carbons (Fsp3) is 0.286. The van der Waals surface area contributed by atoms with Crippen LogP contribution in [0.5, 0.6) is 5.75 Å². The zero-order chi connectivity index (χ0) is 19.6. The van der Waals surface area contributed by atoms with Gasteiger partial charge in [-0.3, -0.25) is 9.59 Å². The minimum Gasteiger partial charge on any atom is -0.484 e. The molecule has 0 saturated carbocycles. The molecular weight excluding hydrogens is 346 g/mol. The third-order valence-electron chi connectivity index (χ3n) is 3.84. The minimum atomic E-state index is -0.602. The summed E-state index contributed by atoms with van der Waals surface area (Å²) in [5.41, 5.74) is 1.38. The first-order chi connectivity index (χ1) is 13.0. The monoisotopic (exact) mass is 369 g/mol. The average Bonchev–Trinajstić information content (AvgIpc) is 2.67. The fourth-order valence-corrected chi connectivity index (χ4v) is 2.43. The van der Waals surface area contributed by atoms with Crippen LogP contribution in [0.4, 0.5) is 0 Å². The predicted octanol–water partition coefficient (Wildman–Crippen LogP) is 2.56. The summed E-state index contributed by atoms with van der Waals surface area (Å²) < 4.78 is 10.3. The molecule has 0 radical (unpaired) electrons. The van der Waals surface area contributed by atoms with Crippen LogP contribution in [0, 0.1) is 0 Å². The summed E-state index contributed by atoms with van der Waals surface area (Å²) in [6.45, 7) is 3.26. The maximum absolute atomic E-state index is 12.1. The first-order valence-electron chi connectivity index (χ1n) is 8.73. The number of ether oxygens (including phenoxy) is 2. The number of nitrogens with one attached hydrogen (secondary N) is 1. The lowest BCUT2D eigenvalue weighted by atomic mass is 10.0. The molecule has 0 aliphatic heterocycles. The predicted molar refractivity (Wildman–Crippen MR) is 101 cm³/mol. The summed E-state index contributed by atoms with van der Waals surface area (Å²) in [4.78, 5) is 35.5. The topological polar surface area (TPSA) is 81.7 Å². The van der Waals surface area contributed by atoms with E-state index in [0.717, 1.165) is 5.56 Å². The second kappa shape index (κ2) is 10.1. The quantitative estimate of drug-likeness (QED) is 0.687. The van der Waals surface area contributed by atoms with Crippen molar-refractivity contribution < 1.29 is 23.9 Å². The summed E-state index contributed by atoms with van der Waals surface area (Å²) in [6, 6.07) is 15.2. The molecule has 1 N–H and O–H groups in total. The Labute approximate surface area is 158 Å². The number of Topliss-reactive ketones (excluding diaryl/α,β-unsaturated/α-hetero) is 1. The molecule has 1 atom stereocenters. The summed E-state index contributed by atoms with van der Waals surface area (Å²) >= 11 is 0. The number of carbonyl (C=O) groups is 3. The molecule has 0 unspecified atom stereocenters. The Morgan fingerprint density at radius 3 is 2.26 bits per heavy atom. The summed E-state index contributed by atoms with van der Waals surface area (Å²) in [5, 5.41) is 2.69. The van der Waals surface area contributed by atoms with Crippen molar-refractivity contribution >= 4 is 17.7 Å². The second-order valence-electron chi connectivity index (χ2n) is 5.95. The Morgan fingerprint density at radius 2 is 1.67 bits per heavy atom. The van der Waals surface area contributed by atoms with Gasteiger partial charge in [0.2, 0.25) is 0 Å². The van der Waals surface area contributed by atoms with Gasteiger partial charge < -0.3 is 14.8 Å². The van der Waals surface area contributed by atoms with Gasteiger partial charge in [-0.2, -0.15) is 0 Å². The Kier molecular flexibility index (Phi) is 7.55. The molecule has 2 aromatic carbocycles. The molecule has 142 valence electrons. The lowest BCUT2D eigenvalue weighted by Gasteiger charge is -2.16. The molecule has 1 amide bonds. The number of ketones is 1. The van der Waals surface area contributed by atoms with Crippen molar-refractivity contribution in [3.63, 3.8) is 0 Å². The lowest BCUT2D eigenvalue weighted by Crippen LogP contribution is -2.43. The van der Waals surface area contributed by atoms with Crippen LogP contribution < -0.4 is 10.1 Å². The van der Waals surface area contributed by atoms with Crippen molar-refractivity contribution in [2.75, 3.05) is 13.2 Å². The van der Waals surface area contributed by atoms with E-state index in [-0.39, 0.29) is 18.3 Å². The molecule has 0 heterocycles. The van der Waals surface area contributed by atoms with E-state index in [9.17, 15) is 14.4 Å². The highest BCUT2D eigenvalue weighted by Gasteiger charge is 2.18. The van der Waals surface area contributed by atoms with Crippen LogP contribution in [0.1, 0.15) is 29.8 Å². The largest absolute Gasteiger partial charge is 0.484 e. The molecule has 0 aromatic heterocycles. The molecule has 6 heteroatoms. The van der Waals surface area contributed by atoms with E-state index in [1.54, 1.807) is 31.2 Å². The van der Waals surface area contributed by atoms with Gasteiger partial charge in [0.15, 0.2) is 12.4 Å². The van der Waals surface area contributed by atoms with Gasteiger partial charge >= 0.3 is 5.97 Å². The zero-order valence-electron chi connectivity index (χ0n) is 15.4. The van der Waals surface area contributed by atoms with Crippen molar-refractivity contribution in [2.45, 2.75) is 26.3 Å². The number of amides is 1. The van der Waals surface area contributed by atoms with E-state index in [1.807, 2.05) is 30.3 Å². The molecule has 0 bridgehead atoms. The molecule has 0 spiro atoms. The molecule has 0 aliphatic rings. The third-order valence-corrected chi connectivity index (χ3v) is 3.84. The molecule has 2 rings (SSSR count). The van der Waals surface area contributed by atoms with Crippen molar-refractivity contribution in [3.8, 4) is 5.75 Å². The summed E-state index contributed by atoms with van der Waals surface area (Å²) in [5.74, 6) is -0.473. The van der Waals surface area contributed by atoms with Crippen LogP contribution in [-0.4, -0.2) is 36.9 Å². The van der Waals surface area contributed by atoms with Crippen LogP contribution in [-0.2, 0) is 20.7 Å². The molecule has 0 saturated heterocycles. The minimum absolute atomic E-state index is 0.119. The van der Waals surface area contributed by atoms with Gasteiger partial charge in [-0.1, -0.05) is 30.3 Å². The van der Waals surface area contributed by atoms with E-state index >= 15 is 0 Å². The molecular formula is C21H23NO5. The Hall–Kier alpha value is -3.15. The van der Waals surface area contributed by atoms with Gasteiger partial charge in [0.25, 0.3) is 5.91 Å². The third kappa shape index (κ3) is 6.58. The Bertz CT molecular complexity index is 771. The molecule has 0 fully saturated rings. The molecule has 2 aromatic rings. The number of hydrogen-bond donors (Lipinski definition) is 1. The van der Waals surface area contributed by atoms with Crippen LogP contribution in [0.2, 0.25) is 0 Å². The normalized spacial score (nSPS) is 11.3. The van der Waals surface area contributed by atoms with E-state index in [2.05, 4.69) is 5.32 Å². The van der Waals surface area contributed by atoms with E-state index in [0.29, 0.717) is 24.3 Å². The SMILES string of the molecule is CCOC(=O)c1ccc(OCC(=O)N[C@H](Cc2ccccc2)C(C)=O)cc1. The summed E-state index contributed by atoms with van der Waals surface area (Å²) in [7, 11) is 0. The maximum Gasteiger partial charge on any atom is 0.338 e. The Morgan fingerprint density at radius 1 is 1.00 bits per heavy atom. The van der Waals surface area contributed by atoms with Gasteiger partial charge in [-0.15, -0.1) is 0 Å². The van der Waals surface area contributed by atoms with E-state index in [4.69, 9.17) is 9.47 Å². The van der Waals surface area contributed by atoms with Gasteiger partial charge in [0, 0.05) is 0 Å². The number of carbonyl (C=O) groups excluding carboxylic acids is 3. The van der Waals surface area contributed by atoms with Crippen LogP contribution in [0.15, 0.2) is 54.6 Å². The van der Waals surface area contributed by atoms with E-state index < -0.39 is 12.0 Å². The first kappa shape index (κ1) is 20.2. The van der Waals surface area contributed by atoms with Gasteiger partial charge in [0.1, 0.15) is 5.75 Å². The highest BCUT2D eigenvalue weighted by atomic mass is 16.5. The van der Waals surface area contributed by atoms with Gasteiger partial charge in [0.05, 0.1) is 18.2 Å². The van der Waals surface area contributed by atoms with Crippen molar-refractivity contribution in [1.82, 2.24) is 5.32 Å². The molecule has 6 nitrogen and oxygen atoms in total. The van der Waals surface area contributed by atoms with Gasteiger partial charge in [-0.05, 0) is 50.1 Å². The fourth-order valence-electron chi connectivity index (χ4n) is 2.43. The molecule has 27 heavy (non-hydrogen) atoms. The first-order valence-corrected chi connectivity index (χ1v) is 8.73. The number of rotatable bonds is 9. The highest BCUT2D eigenvalue weighted by Crippen LogP contribution is 2.13. The number of hydrogen-bond acceptors (Lipinski definition) is 5. The Balaban J connectivity index is 1.86. The maximum atomic E-state index is 12.1. The smallest absolute Gasteiger partial charge is 0.338 e. The summed E-state index contributed by atoms with van der Waals surface area (Å²) in [6.07, 6.45) is 0.427. The van der Waals surface area contributed by atoms with Crippen molar-refractivity contribution in [1.29, 1.82) is 0 Å². The van der Waals surface area contributed by atoms with Crippen LogP contribution in [0.3, 0.4) is 0 Å². The molecule has 0 aliphatic carbocycles. The second-order valence-corrected chi connectivity index (χ2v) is 5.95. The van der Waals surface area contributed by atoms with E-state index in [1.165, 1.54) is 6.92 Å². The van der Waals surface area contributed by atoms with Crippen molar-refractivity contribution in [3.05, 3.63) is 65.7 Å². The number of esters is 1. The zero-order valence-corrected chi connectivity index (χ0v) is 15.4. The number of benzene rings is 2. The average molecular weight is 369 g/mol. The lowest BCUT2D eigenvalue weighted by molar-refractivity contribution is -0.128. The van der Waals surface area contributed by atoms with Crippen LogP contribution >= 0.6 is 0 Å².